The topological polar surface area (TPSA) is 26.3 Å². The Bertz CT molecular complexity index is 723. The van der Waals surface area contributed by atoms with E-state index in [0.717, 1.165) is 27.9 Å². The molecule has 0 spiro atoms. The summed E-state index contributed by atoms with van der Waals surface area (Å²) >= 11 is 0. The van der Waals surface area contributed by atoms with E-state index in [1.807, 2.05) is 32.9 Å². The van der Waals surface area contributed by atoms with Gasteiger partial charge in [0.15, 0.2) is 5.78 Å². The number of Topliss-reactive ketones (excluding diaryl/α,β-unsaturated/α-hetero) is 1. The number of carbonyl (C=O) groups is 1. The Hall–Kier alpha value is -1.67. The first kappa shape index (κ1) is 11.2. The van der Waals surface area contributed by atoms with E-state index >= 15 is 0 Å². The number of fused-ring (bicyclic) bond motifs is 7. The van der Waals surface area contributed by atoms with Gasteiger partial charge < -0.3 is 4.74 Å². The van der Waals surface area contributed by atoms with Crippen molar-refractivity contribution in [3.8, 4) is 0 Å². The number of ketones is 1. The van der Waals surface area contributed by atoms with Crippen molar-refractivity contribution in [3.05, 3.63) is 57.7 Å². The maximum atomic E-state index is 12.5. The van der Waals surface area contributed by atoms with Crippen LogP contribution in [0.25, 0.3) is 0 Å². The summed E-state index contributed by atoms with van der Waals surface area (Å²) in [6.45, 7) is 8.08. The van der Waals surface area contributed by atoms with Gasteiger partial charge in [0.1, 0.15) is 11.2 Å². The van der Waals surface area contributed by atoms with Crippen LogP contribution in [0.15, 0.2) is 46.6 Å². The summed E-state index contributed by atoms with van der Waals surface area (Å²) in [5.74, 6) is 0.160. The van der Waals surface area contributed by atoms with Crippen LogP contribution >= 0.6 is 0 Å². The molecule has 0 saturated carbocycles. The van der Waals surface area contributed by atoms with Crippen molar-refractivity contribution in [2.45, 2.75) is 38.9 Å². The molecule has 4 rings (SSSR count). The van der Waals surface area contributed by atoms with Gasteiger partial charge in [-0.25, -0.2) is 0 Å². The molecule has 2 nitrogen and oxygen atoms in total. The van der Waals surface area contributed by atoms with Crippen LogP contribution in [0, 0.1) is 0 Å². The fourth-order valence-electron chi connectivity index (χ4n) is 4.10. The third-order valence-corrected chi connectivity index (χ3v) is 5.07. The molecule has 2 heteroatoms. The van der Waals surface area contributed by atoms with Crippen LogP contribution in [0.1, 0.15) is 38.8 Å². The fourth-order valence-corrected chi connectivity index (χ4v) is 4.10. The van der Waals surface area contributed by atoms with Gasteiger partial charge in [-0.2, -0.15) is 0 Å². The number of hydrogen-bond acceptors (Lipinski definition) is 2. The SMILES string of the molecule is CC1=C(C)C2=C(C1=O)C1(C)OC2(C)c2ccccc21. The van der Waals surface area contributed by atoms with Crippen LogP contribution in [0.2, 0.25) is 0 Å². The molecule has 2 bridgehead atoms. The van der Waals surface area contributed by atoms with Crippen molar-refractivity contribution in [2.75, 3.05) is 0 Å². The Morgan fingerprint density at radius 2 is 1.42 bits per heavy atom. The van der Waals surface area contributed by atoms with E-state index in [1.165, 1.54) is 5.56 Å². The maximum Gasteiger partial charge on any atom is 0.188 e. The monoisotopic (exact) mass is 252 g/mol. The van der Waals surface area contributed by atoms with Crippen molar-refractivity contribution in [1.82, 2.24) is 0 Å². The number of ether oxygens (including phenoxy) is 1. The quantitative estimate of drug-likeness (QED) is 0.707. The fraction of sp³-hybridized carbons (Fsp3) is 0.353. The minimum atomic E-state index is -0.573. The molecule has 96 valence electrons. The molecule has 0 fully saturated rings. The predicted octanol–water partition coefficient (Wildman–Crippen LogP) is 3.38. The van der Waals surface area contributed by atoms with Gasteiger partial charge in [-0.3, -0.25) is 4.79 Å². The number of hydrogen-bond donors (Lipinski definition) is 0. The molecule has 1 aliphatic carbocycles. The van der Waals surface area contributed by atoms with Gasteiger partial charge in [0.2, 0.25) is 0 Å². The Morgan fingerprint density at radius 3 is 2.00 bits per heavy atom. The van der Waals surface area contributed by atoms with Crippen LogP contribution < -0.4 is 0 Å². The van der Waals surface area contributed by atoms with Gasteiger partial charge in [-0.05, 0) is 44.4 Å². The van der Waals surface area contributed by atoms with Crippen molar-refractivity contribution in [3.63, 3.8) is 0 Å². The summed E-state index contributed by atoms with van der Waals surface area (Å²) in [6, 6.07) is 8.27. The van der Waals surface area contributed by atoms with Crippen LogP contribution in [0.4, 0.5) is 0 Å². The largest absolute Gasteiger partial charge is 0.350 e. The average Bonchev–Trinajstić information content (AvgIpc) is 2.88. The van der Waals surface area contributed by atoms with E-state index in [4.69, 9.17) is 4.74 Å². The molecular formula is C17H16O2. The summed E-state index contributed by atoms with van der Waals surface area (Å²) in [5, 5.41) is 0. The second kappa shape index (κ2) is 2.91. The molecule has 19 heavy (non-hydrogen) atoms. The van der Waals surface area contributed by atoms with E-state index in [0.29, 0.717) is 0 Å². The Kier molecular flexibility index (Phi) is 1.71. The first-order valence-corrected chi connectivity index (χ1v) is 6.69. The Morgan fingerprint density at radius 1 is 0.895 bits per heavy atom. The molecule has 2 heterocycles. The van der Waals surface area contributed by atoms with E-state index in [2.05, 4.69) is 19.1 Å². The Balaban J connectivity index is 2.11. The van der Waals surface area contributed by atoms with Gasteiger partial charge in [0.05, 0.1) is 0 Å². The first-order valence-electron chi connectivity index (χ1n) is 6.69. The number of rotatable bonds is 0. The molecule has 2 atom stereocenters. The molecule has 0 saturated heterocycles. The third kappa shape index (κ3) is 0.953. The highest BCUT2D eigenvalue weighted by Gasteiger charge is 2.63. The summed E-state index contributed by atoms with van der Waals surface area (Å²) < 4.78 is 6.34. The van der Waals surface area contributed by atoms with Crippen molar-refractivity contribution >= 4 is 5.78 Å². The second-order valence-corrected chi connectivity index (χ2v) is 6.04. The minimum Gasteiger partial charge on any atom is -0.350 e. The van der Waals surface area contributed by atoms with Gasteiger partial charge in [-0.1, -0.05) is 24.3 Å². The summed E-state index contributed by atoms with van der Waals surface area (Å²) in [5.41, 5.74) is 5.26. The summed E-state index contributed by atoms with van der Waals surface area (Å²) in [6.07, 6.45) is 0. The molecule has 1 aromatic carbocycles. The van der Waals surface area contributed by atoms with Crippen LogP contribution in [-0.2, 0) is 20.7 Å². The number of carbonyl (C=O) groups excluding carboxylic acids is 1. The van der Waals surface area contributed by atoms with Crippen molar-refractivity contribution in [2.24, 2.45) is 0 Å². The molecule has 1 aromatic rings. The molecular weight excluding hydrogens is 236 g/mol. The Labute approximate surface area is 112 Å². The molecule has 0 radical (unpaired) electrons. The summed E-state index contributed by atoms with van der Waals surface area (Å²) in [7, 11) is 0. The lowest BCUT2D eigenvalue weighted by molar-refractivity contribution is -0.115. The number of benzene rings is 1. The van der Waals surface area contributed by atoms with E-state index in [1.54, 1.807) is 0 Å². The van der Waals surface area contributed by atoms with E-state index in [-0.39, 0.29) is 5.78 Å². The lowest BCUT2D eigenvalue weighted by Gasteiger charge is -2.25. The molecule has 3 aliphatic rings. The van der Waals surface area contributed by atoms with E-state index < -0.39 is 11.2 Å². The highest BCUT2D eigenvalue weighted by molar-refractivity contribution is 6.15. The lowest BCUT2D eigenvalue weighted by Crippen LogP contribution is -2.26. The molecule has 0 N–H and O–H groups in total. The standard InChI is InChI=1S/C17H16O2/c1-9-10(2)15(18)14-13(9)16(3)11-7-5-6-8-12(11)17(14,4)19-16/h5-8H,1-4H3. The minimum absolute atomic E-state index is 0.160. The zero-order chi connectivity index (χ0) is 13.6. The molecule has 0 amide bonds. The maximum absolute atomic E-state index is 12.5. The lowest BCUT2D eigenvalue weighted by atomic mass is 9.73. The van der Waals surface area contributed by atoms with Gasteiger partial charge in [0.25, 0.3) is 0 Å². The van der Waals surface area contributed by atoms with Gasteiger partial charge in [-0.15, -0.1) is 0 Å². The van der Waals surface area contributed by atoms with Crippen molar-refractivity contribution in [1.29, 1.82) is 0 Å². The average molecular weight is 252 g/mol. The smallest absolute Gasteiger partial charge is 0.188 e. The molecule has 2 aliphatic heterocycles. The molecule has 2 unspecified atom stereocenters. The third-order valence-electron chi connectivity index (χ3n) is 5.07. The summed E-state index contributed by atoms with van der Waals surface area (Å²) in [4.78, 5) is 12.5. The van der Waals surface area contributed by atoms with Gasteiger partial charge in [0, 0.05) is 16.7 Å². The molecule has 0 aromatic heterocycles. The second-order valence-electron chi connectivity index (χ2n) is 6.04. The van der Waals surface area contributed by atoms with Crippen LogP contribution in [0.5, 0.6) is 0 Å². The first-order chi connectivity index (χ1) is 8.91. The highest BCUT2D eigenvalue weighted by Crippen LogP contribution is 2.64. The van der Waals surface area contributed by atoms with Crippen LogP contribution in [0.3, 0.4) is 0 Å². The van der Waals surface area contributed by atoms with E-state index in [9.17, 15) is 4.79 Å². The predicted molar refractivity (Wildman–Crippen MR) is 72.6 cm³/mol. The number of allylic oxidation sites excluding steroid dienone is 1. The zero-order valence-electron chi connectivity index (χ0n) is 11.6. The van der Waals surface area contributed by atoms with Crippen molar-refractivity contribution < 1.29 is 9.53 Å². The zero-order valence-corrected chi connectivity index (χ0v) is 11.6. The normalized spacial score (nSPS) is 35.3. The van der Waals surface area contributed by atoms with Gasteiger partial charge >= 0.3 is 0 Å². The van der Waals surface area contributed by atoms with Crippen LogP contribution in [-0.4, -0.2) is 5.78 Å². The highest BCUT2D eigenvalue weighted by atomic mass is 16.5.